The van der Waals surface area contributed by atoms with Crippen LogP contribution >= 0.6 is 23.2 Å². The third kappa shape index (κ3) is 3.63. The quantitative estimate of drug-likeness (QED) is 0.743. The molecule has 7 nitrogen and oxygen atoms in total. The number of carbonyl (C=O) groups excluding carboxylic acids is 1. The number of nitrogens with one attached hydrogen (secondary N) is 1. The molecule has 1 aromatic heterocycles. The van der Waals surface area contributed by atoms with E-state index in [4.69, 9.17) is 27.9 Å². The molecule has 0 spiro atoms. The number of carboxylic acid groups (broad SMARTS) is 1. The maximum absolute atomic E-state index is 13.0. The van der Waals surface area contributed by atoms with E-state index in [1.807, 2.05) is 13.0 Å². The molecule has 29 heavy (non-hydrogen) atoms. The fourth-order valence-corrected chi connectivity index (χ4v) is 4.84. The van der Waals surface area contributed by atoms with Gasteiger partial charge in [0.25, 0.3) is 0 Å². The molecular weight excluding hydrogens is 417 g/mol. The van der Waals surface area contributed by atoms with Crippen molar-refractivity contribution < 1.29 is 19.4 Å². The Hall–Kier alpha value is -2.09. The molecule has 154 valence electrons. The Bertz CT molecular complexity index is 990. The number of carboxylic acids is 1. The minimum Gasteiger partial charge on any atom is -0.481 e. The van der Waals surface area contributed by atoms with Gasteiger partial charge < -0.3 is 15.2 Å². The summed E-state index contributed by atoms with van der Waals surface area (Å²) in [5.74, 6) is -2.82. The van der Waals surface area contributed by atoms with Crippen LogP contribution in [0.4, 0.5) is 5.69 Å². The Morgan fingerprint density at radius 3 is 2.59 bits per heavy atom. The number of rotatable bonds is 5. The summed E-state index contributed by atoms with van der Waals surface area (Å²) in [5.41, 5.74) is 2.86. The van der Waals surface area contributed by atoms with Crippen LogP contribution in [-0.4, -0.2) is 39.0 Å². The second-order valence-electron chi connectivity index (χ2n) is 7.61. The van der Waals surface area contributed by atoms with Gasteiger partial charge in [0, 0.05) is 10.0 Å². The zero-order chi connectivity index (χ0) is 20.9. The number of nitrogens with zero attached hydrogens (tertiary/aromatic N) is 2. The van der Waals surface area contributed by atoms with Crippen LogP contribution in [0.1, 0.15) is 29.8 Å². The summed E-state index contributed by atoms with van der Waals surface area (Å²) in [5, 5.41) is 18.1. The number of ether oxygens (including phenoxy) is 1. The first-order chi connectivity index (χ1) is 13.8. The third-order valence-electron chi connectivity index (χ3n) is 5.83. The van der Waals surface area contributed by atoms with Gasteiger partial charge in [-0.3, -0.25) is 14.3 Å². The maximum Gasteiger partial charge on any atom is 0.310 e. The minimum atomic E-state index is -0.987. The molecule has 3 heterocycles. The summed E-state index contributed by atoms with van der Waals surface area (Å²) in [4.78, 5) is 24.6. The van der Waals surface area contributed by atoms with Crippen molar-refractivity contribution in [3.63, 3.8) is 0 Å². The summed E-state index contributed by atoms with van der Waals surface area (Å²) in [6.07, 6.45) is 0.664. The molecule has 4 atom stereocenters. The summed E-state index contributed by atoms with van der Waals surface area (Å²) in [6, 6.07) is 5.27. The molecule has 2 N–H and O–H groups in total. The highest BCUT2D eigenvalue weighted by Crippen LogP contribution is 2.44. The molecule has 1 amide bonds. The highest BCUT2D eigenvalue weighted by Gasteiger charge is 2.55. The van der Waals surface area contributed by atoms with Crippen molar-refractivity contribution in [3.05, 3.63) is 45.2 Å². The number of hydrogen-bond donors (Lipinski definition) is 2. The predicted octanol–water partition coefficient (Wildman–Crippen LogP) is 3.67. The van der Waals surface area contributed by atoms with Gasteiger partial charge in [-0.25, -0.2) is 0 Å². The number of fused-ring (bicyclic) bond motifs is 2. The predicted molar refractivity (Wildman–Crippen MR) is 108 cm³/mol. The van der Waals surface area contributed by atoms with Crippen molar-refractivity contribution in [2.45, 2.75) is 45.4 Å². The van der Waals surface area contributed by atoms with E-state index >= 15 is 0 Å². The van der Waals surface area contributed by atoms with Crippen molar-refractivity contribution >= 4 is 40.8 Å². The second kappa shape index (κ2) is 7.63. The topological polar surface area (TPSA) is 93.5 Å². The molecule has 2 fully saturated rings. The lowest BCUT2D eigenvalue weighted by molar-refractivity contribution is -0.147. The minimum absolute atomic E-state index is 0.333. The maximum atomic E-state index is 13.0. The summed E-state index contributed by atoms with van der Waals surface area (Å²) in [7, 11) is 0. The number of aromatic nitrogens is 2. The van der Waals surface area contributed by atoms with Gasteiger partial charge in [-0.1, -0.05) is 29.3 Å². The van der Waals surface area contributed by atoms with E-state index in [-0.39, 0.29) is 18.1 Å². The van der Waals surface area contributed by atoms with E-state index in [9.17, 15) is 14.7 Å². The number of hydrogen-bond acceptors (Lipinski definition) is 4. The lowest BCUT2D eigenvalue weighted by Gasteiger charge is -2.23. The molecule has 2 aliphatic heterocycles. The van der Waals surface area contributed by atoms with Crippen molar-refractivity contribution in [2.24, 2.45) is 11.8 Å². The van der Waals surface area contributed by atoms with Crippen LogP contribution in [0.5, 0.6) is 0 Å². The SMILES string of the molecule is Cc1nn(Cc2ccc(Cl)cc2Cl)c(C)c1NC(=O)[C@H]1[C@@H](C(=O)O)[C@@H]2CC[C@H]1O2. The van der Waals surface area contributed by atoms with E-state index in [1.165, 1.54) is 0 Å². The van der Waals surface area contributed by atoms with Crippen LogP contribution in [0.25, 0.3) is 0 Å². The molecule has 0 saturated carbocycles. The van der Waals surface area contributed by atoms with Gasteiger partial charge in [-0.2, -0.15) is 5.10 Å². The summed E-state index contributed by atoms with van der Waals surface area (Å²) >= 11 is 12.2. The normalized spacial score (nSPS) is 25.4. The number of aryl methyl sites for hydroxylation is 1. The lowest BCUT2D eigenvalue weighted by atomic mass is 9.78. The molecule has 4 rings (SSSR count). The molecular formula is C20H21Cl2N3O4. The van der Waals surface area contributed by atoms with Crippen molar-refractivity contribution in [1.29, 1.82) is 0 Å². The average Bonchev–Trinajstić information content (AvgIpc) is 3.34. The van der Waals surface area contributed by atoms with Gasteiger partial charge in [-0.15, -0.1) is 0 Å². The molecule has 9 heteroatoms. The Balaban J connectivity index is 1.55. The van der Waals surface area contributed by atoms with E-state index in [2.05, 4.69) is 10.4 Å². The summed E-state index contributed by atoms with van der Waals surface area (Å²) < 4.78 is 7.45. The zero-order valence-electron chi connectivity index (χ0n) is 16.0. The molecule has 0 aliphatic carbocycles. The number of anilines is 1. The number of benzene rings is 1. The average molecular weight is 438 g/mol. The number of halogens is 2. The largest absolute Gasteiger partial charge is 0.481 e. The molecule has 2 aromatic rings. The number of aliphatic carboxylic acids is 1. The molecule has 2 aliphatic rings. The smallest absolute Gasteiger partial charge is 0.310 e. The van der Waals surface area contributed by atoms with Crippen molar-refractivity contribution in [2.75, 3.05) is 5.32 Å². The number of amides is 1. The molecule has 0 unspecified atom stereocenters. The molecule has 2 saturated heterocycles. The van der Waals surface area contributed by atoms with Gasteiger partial charge in [0.1, 0.15) is 0 Å². The van der Waals surface area contributed by atoms with E-state index in [1.54, 1.807) is 23.7 Å². The fourth-order valence-electron chi connectivity index (χ4n) is 4.37. The van der Waals surface area contributed by atoms with Gasteiger partial charge >= 0.3 is 5.97 Å². The first-order valence-electron chi connectivity index (χ1n) is 9.43. The van der Waals surface area contributed by atoms with Gasteiger partial charge in [0.15, 0.2) is 0 Å². The fraction of sp³-hybridized carbons (Fsp3) is 0.450. The highest BCUT2D eigenvalue weighted by molar-refractivity contribution is 6.35. The Labute approximate surface area is 177 Å². The monoisotopic (exact) mass is 437 g/mol. The van der Waals surface area contributed by atoms with Crippen LogP contribution in [0.2, 0.25) is 10.0 Å². The van der Waals surface area contributed by atoms with Crippen LogP contribution in [0.15, 0.2) is 18.2 Å². The van der Waals surface area contributed by atoms with Crippen LogP contribution in [0, 0.1) is 25.7 Å². The van der Waals surface area contributed by atoms with E-state index in [0.29, 0.717) is 40.8 Å². The standard InChI is InChI=1S/C20H21Cl2N3O4/c1-9-18(10(2)25(24-9)8-11-3-4-12(21)7-13(11)22)23-19(26)16-14-5-6-15(29-14)17(16)20(27)28/h3-4,7,14-17H,5-6,8H2,1-2H3,(H,23,26)(H,27,28)/t14-,15+,16-,17+/m1/s1. The Morgan fingerprint density at radius 1 is 1.24 bits per heavy atom. The van der Waals surface area contributed by atoms with Gasteiger partial charge in [-0.05, 0) is 44.4 Å². The van der Waals surface area contributed by atoms with Gasteiger partial charge in [0.2, 0.25) is 5.91 Å². The Kier molecular flexibility index (Phi) is 5.31. The molecule has 2 bridgehead atoms. The highest BCUT2D eigenvalue weighted by atomic mass is 35.5. The first-order valence-corrected chi connectivity index (χ1v) is 10.2. The van der Waals surface area contributed by atoms with Crippen molar-refractivity contribution in [3.8, 4) is 0 Å². The van der Waals surface area contributed by atoms with Crippen LogP contribution in [-0.2, 0) is 20.9 Å². The Morgan fingerprint density at radius 2 is 1.93 bits per heavy atom. The first kappa shape index (κ1) is 20.2. The van der Waals surface area contributed by atoms with Crippen LogP contribution < -0.4 is 5.32 Å². The lowest BCUT2D eigenvalue weighted by Crippen LogP contribution is -2.41. The van der Waals surface area contributed by atoms with E-state index < -0.39 is 17.8 Å². The van der Waals surface area contributed by atoms with E-state index in [0.717, 1.165) is 11.3 Å². The van der Waals surface area contributed by atoms with Crippen molar-refractivity contribution in [1.82, 2.24) is 9.78 Å². The van der Waals surface area contributed by atoms with Crippen LogP contribution in [0.3, 0.4) is 0 Å². The summed E-state index contributed by atoms with van der Waals surface area (Å²) in [6.45, 7) is 4.08. The second-order valence-corrected chi connectivity index (χ2v) is 8.45. The molecule has 0 radical (unpaired) electrons. The zero-order valence-corrected chi connectivity index (χ0v) is 17.5. The number of carbonyl (C=O) groups is 2. The molecule has 1 aromatic carbocycles. The van der Waals surface area contributed by atoms with Gasteiger partial charge in [0.05, 0.1) is 47.7 Å². The third-order valence-corrected chi connectivity index (χ3v) is 6.41.